The third kappa shape index (κ3) is 5.47. The number of hydrogen-bond donors (Lipinski definition) is 1. The maximum Gasteiger partial charge on any atom is 0.345 e. The number of benzene rings is 3. The van der Waals surface area contributed by atoms with Gasteiger partial charge in [-0.05, 0) is 49.6 Å². The first-order valence-electron chi connectivity index (χ1n) is 9.75. The Kier molecular flexibility index (Phi) is 6.86. The molecule has 0 bridgehead atoms. The van der Waals surface area contributed by atoms with Crippen molar-refractivity contribution in [2.45, 2.75) is 26.9 Å². The van der Waals surface area contributed by atoms with Gasteiger partial charge in [0.15, 0.2) is 6.61 Å². The van der Waals surface area contributed by atoms with Gasteiger partial charge in [-0.3, -0.25) is 4.79 Å². The van der Waals surface area contributed by atoms with Crippen LogP contribution in [0.15, 0.2) is 72.8 Å². The van der Waals surface area contributed by atoms with Crippen LogP contribution in [0.1, 0.15) is 28.4 Å². The average Bonchev–Trinajstić information content (AvgIpc) is 2.74. The molecule has 30 heavy (non-hydrogen) atoms. The van der Waals surface area contributed by atoms with Gasteiger partial charge in [-0.2, -0.15) is 0 Å². The Morgan fingerprint density at radius 3 is 2.30 bits per heavy atom. The fourth-order valence-corrected chi connectivity index (χ4v) is 2.99. The highest BCUT2D eigenvalue weighted by atomic mass is 16.6. The van der Waals surface area contributed by atoms with E-state index in [1.165, 1.54) is 0 Å². The minimum Gasteiger partial charge on any atom is -0.482 e. The highest BCUT2D eigenvalue weighted by Crippen LogP contribution is 2.23. The Bertz CT molecular complexity index is 1030. The predicted molar refractivity (Wildman–Crippen MR) is 116 cm³/mol. The van der Waals surface area contributed by atoms with Gasteiger partial charge in [-0.1, -0.05) is 60.7 Å². The van der Waals surface area contributed by atoms with E-state index in [1.807, 2.05) is 63.2 Å². The fraction of sp³-hybridized carbons (Fsp3) is 0.200. The van der Waals surface area contributed by atoms with Crippen molar-refractivity contribution in [3.05, 3.63) is 95.1 Å². The lowest BCUT2D eigenvalue weighted by molar-refractivity contribution is -0.156. The number of aryl methyl sites for hydroxylation is 3. The van der Waals surface area contributed by atoms with Crippen LogP contribution < -0.4 is 10.1 Å². The van der Waals surface area contributed by atoms with Crippen molar-refractivity contribution in [1.29, 1.82) is 0 Å². The minimum absolute atomic E-state index is 0.287. The maximum atomic E-state index is 13.0. The van der Waals surface area contributed by atoms with E-state index in [0.29, 0.717) is 17.0 Å². The van der Waals surface area contributed by atoms with Crippen molar-refractivity contribution in [2.24, 2.45) is 0 Å². The third-order valence-electron chi connectivity index (χ3n) is 4.68. The Hall–Kier alpha value is -3.60. The van der Waals surface area contributed by atoms with Gasteiger partial charge in [0.25, 0.3) is 5.91 Å². The Labute approximate surface area is 176 Å². The molecule has 0 aliphatic heterocycles. The van der Waals surface area contributed by atoms with Gasteiger partial charge in [-0.15, -0.1) is 0 Å². The van der Waals surface area contributed by atoms with Crippen LogP contribution in [0.2, 0.25) is 0 Å². The summed E-state index contributed by atoms with van der Waals surface area (Å²) in [5.41, 5.74) is 4.14. The first-order valence-corrected chi connectivity index (χ1v) is 9.75. The van der Waals surface area contributed by atoms with Crippen LogP contribution in [0.4, 0.5) is 5.69 Å². The zero-order valence-electron chi connectivity index (χ0n) is 17.3. The van der Waals surface area contributed by atoms with E-state index in [1.54, 1.807) is 30.3 Å². The lowest BCUT2D eigenvalue weighted by atomic mass is 10.1. The van der Waals surface area contributed by atoms with Gasteiger partial charge >= 0.3 is 5.97 Å². The summed E-state index contributed by atoms with van der Waals surface area (Å²) in [6.07, 6.45) is -1.08. The predicted octanol–water partition coefficient (Wildman–Crippen LogP) is 4.91. The number of nitrogens with one attached hydrogen (secondary N) is 1. The number of para-hydroxylation sites is 1. The largest absolute Gasteiger partial charge is 0.482 e. The van der Waals surface area contributed by atoms with E-state index in [0.717, 1.165) is 16.7 Å². The molecule has 1 amide bonds. The van der Waals surface area contributed by atoms with Gasteiger partial charge in [0.05, 0.1) is 0 Å². The second-order valence-electron chi connectivity index (χ2n) is 7.14. The second kappa shape index (κ2) is 9.74. The summed E-state index contributed by atoms with van der Waals surface area (Å²) >= 11 is 0. The topological polar surface area (TPSA) is 64.6 Å². The number of ether oxygens (including phenoxy) is 2. The Morgan fingerprint density at radius 2 is 1.57 bits per heavy atom. The fourth-order valence-electron chi connectivity index (χ4n) is 2.99. The molecule has 3 aromatic rings. The highest BCUT2D eigenvalue weighted by molar-refractivity contribution is 5.96. The van der Waals surface area contributed by atoms with Crippen molar-refractivity contribution >= 4 is 17.6 Å². The Morgan fingerprint density at radius 1 is 0.867 bits per heavy atom. The zero-order chi connectivity index (χ0) is 21.5. The van der Waals surface area contributed by atoms with E-state index < -0.39 is 18.0 Å². The molecular formula is C25H25NO4. The van der Waals surface area contributed by atoms with E-state index in [-0.39, 0.29) is 6.61 Å². The van der Waals surface area contributed by atoms with Crippen LogP contribution in [0.25, 0.3) is 0 Å². The molecule has 3 aromatic carbocycles. The number of hydrogen-bond acceptors (Lipinski definition) is 4. The molecule has 0 unspecified atom stereocenters. The van der Waals surface area contributed by atoms with Gasteiger partial charge in [-0.25, -0.2) is 4.79 Å². The number of carbonyl (C=O) groups excluding carboxylic acids is 2. The lowest BCUT2D eigenvalue weighted by Gasteiger charge is -2.19. The summed E-state index contributed by atoms with van der Waals surface area (Å²) in [6.45, 7) is 5.47. The molecule has 0 aromatic heterocycles. The van der Waals surface area contributed by atoms with E-state index in [4.69, 9.17) is 9.47 Å². The quantitative estimate of drug-likeness (QED) is 0.569. The number of rotatable bonds is 7. The molecule has 0 saturated heterocycles. The third-order valence-corrected chi connectivity index (χ3v) is 4.68. The van der Waals surface area contributed by atoms with E-state index in [9.17, 15) is 9.59 Å². The minimum atomic E-state index is -1.08. The number of anilines is 1. The van der Waals surface area contributed by atoms with Crippen molar-refractivity contribution < 1.29 is 19.1 Å². The summed E-state index contributed by atoms with van der Waals surface area (Å²) in [4.78, 5) is 25.5. The normalized spacial score (nSPS) is 11.4. The zero-order valence-corrected chi connectivity index (χ0v) is 17.3. The molecule has 0 radical (unpaired) electrons. The van der Waals surface area contributed by atoms with Crippen molar-refractivity contribution in [1.82, 2.24) is 0 Å². The van der Waals surface area contributed by atoms with Gasteiger partial charge in [0.2, 0.25) is 6.10 Å². The summed E-state index contributed by atoms with van der Waals surface area (Å²) in [5.74, 6) is -0.437. The van der Waals surface area contributed by atoms with Crippen LogP contribution in [0.3, 0.4) is 0 Å². The molecule has 154 valence electrons. The molecule has 1 atom stereocenters. The van der Waals surface area contributed by atoms with Crippen LogP contribution >= 0.6 is 0 Å². The smallest absolute Gasteiger partial charge is 0.345 e. The molecule has 5 nitrogen and oxygen atoms in total. The van der Waals surface area contributed by atoms with E-state index in [2.05, 4.69) is 5.32 Å². The molecule has 0 aliphatic carbocycles. The molecule has 1 N–H and O–H groups in total. The molecule has 0 fully saturated rings. The first-order chi connectivity index (χ1) is 14.4. The second-order valence-corrected chi connectivity index (χ2v) is 7.14. The van der Waals surface area contributed by atoms with Crippen LogP contribution in [0.5, 0.6) is 5.75 Å². The van der Waals surface area contributed by atoms with Crippen LogP contribution in [-0.4, -0.2) is 18.5 Å². The Balaban J connectivity index is 1.74. The number of carbonyl (C=O) groups is 2. The molecule has 0 spiro atoms. The number of esters is 1. The summed E-state index contributed by atoms with van der Waals surface area (Å²) in [7, 11) is 0. The van der Waals surface area contributed by atoms with Crippen LogP contribution in [-0.2, 0) is 14.3 Å². The van der Waals surface area contributed by atoms with Crippen molar-refractivity contribution in [2.75, 3.05) is 11.9 Å². The lowest BCUT2D eigenvalue weighted by Crippen LogP contribution is -2.28. The molecule has 0 heterocycles. The van der Waals surface area contributed by atoms with Gasteiger partial charge < -0.3 is 14.8 Å². The molecule has 5 heteroatoms. The first kappa shape index (κ1) is 21.1. The maximum absolute atomic E-state index is 13.0. The molecule has 0 saturated carbocycles. The molecule has 3 rings (SSSR count). The highest BCUT2D eigenvalue weighted by Gasteiger charge is 2.26. The molecular weight excluding hydrogens is 378 g/mol. The standard InChI is InChI=1S/C25H25NO4/c1-17-13-14-18(2)21(15-17)26-25(28)24(20-10-5-4-6-11-20)30-23(27)16-29-22-12-8-7-9-19(22)3/h4-15,24H,16H2,1-3H3,(H,26,28)/t24-/m1/s1. The average molecular weight is 403 g/mol. The van der Waals surface area contributed by atoms with Crippen LogP contribution in [0, 0.1) is 20.8 Å². The van der Waals surface area contributed by atoms with Crippen molar-refractivity contribution in [3.8, 4) is 5.75 Å². The van der Waals surface area contributed by atoms with E-state index >= 15 is 0 Å². The van der Waals surface area contributed by atoms with Crippen molar-refractivity contribution in [3.63, 3.8) is 0 Å². The van der Waals surface area contributed by atoms with Gasteiger partial charge in [0.1, 0.15) is 5.75 Å². The number of amides is 1. The summed E-state index contributed by atoms with van der Waals surface area (Å²) in [6, 6.07) is 22.1. The monoisotopic (exact) mass is 403 g/mol. The van der Waals surface area contributed by atoms with Gasteiger partial charge in [0, 0.05) is 11.3 Å². The summed E-state index contributed by atoms with van der Waals surface area (Å²) < 4.78 is 11.1. The molecule has 0 aliphatic rings. The summed E-state index contributed by atoms with van der Waals surface area (Å²) in [5, 5.41) is 2.88. The SMILES string of the molecule is Cc1ccc(C)c(NC(=O)[C@H](OC(=O)COc2ccccc2C)c2ccccc2)c1.